The molecule has 0 radical (unpaired) electrons. The molecule has 0 aliphatic rings. The van der Waals surface area contributed by atoms with Gasteiger partial charge in [0.15, 0.2) is 6.10 Å². The summed E-state index contributed by atoms with van der Waals surface area (Å²) in [4.78, 5) is 48.6. The number of hydrogen-bond acceptors (Lipinski definition) is 10. The number of carbonyl (C=O) groups is 3. The summed E-state index contributed by atoms with van der Waals surface area (Å²) in [6.07, 6.45) is 59.5. The Balaban J connectivity index is 4.70. The molecule has 0 aromatic heterocycles. The number of unbranched alkanes of at least 4 members (excludes halogenated alkanes) is 35. The fourth-order valence-electron chi connectivity index (χ4n) is 8.79. The van der Waals surface area contributed by atoms with Crippen molar-refractivity contribution in [1.82, 2.24) is 0 Å². The highest BCUT2D eigenvalue weighted by Crippen LogP contribution is 2.43. The van der Waals surface area contributed by atoms with Crippen LogP contribution < -0.4 is 0 Å². The average Bonchev–Trinajstić information content (AvgIpc) is 3.39. The number of allylic oxidation sites excluding steroid dienone is 6. The lowest BCUT2D eigenvalue weighted by Gasteiger charge is -2.21. The van der Waals surface area contributed by atoms with E-state index in [9.17, 15) is 28.9 Å². The SMILES string of the molecule is CCCCC/C=C\C/C=C\CCCCCCCCCC(=O)OC(COC(=O)CCCCCCC/C=C\CCCCCCCC)COP(=O)(O)OCC(CO)OC(=O)CCCCCCCCCCCCCCCCC. The van der Waals surface area contributed by atoms with E-state index in [-0.39, 0.29) is 25.9 Å². The van der Waals surface area contributed by atoms with Gasteiger partial charge in [-0.15, -0.1) is 0 Å². The van der Waals surface area contributed by atoms with Crippen LogP contribution in [0.2, 0.25) is 0 Å². The van der Waals surface area contributed by atoms with Crippen LogP contribution in [0.15, 0.2) is 36.5 Å². The maximum absolute atomic E-state index is 12.9. The normalized spacial score (nSPS) is 13.5. The average molecular weight is 1070 g/mol. The van der Waals surface area contributed by atoms with Crippen molar-refractivity contribution in [3.05, 3.63) is 36.5 Å². The van der Waals surface area contributed by atoms with Crippen LogP contribution >= 0.6 is 7.82 Å². The second kappa shape index (κ2) is 56.9. The summed E-state index contributed by atoms with van der Waals surface area (Å²) in [5, 5.41) is 9.83. The van der Waals surface area contributed by atoms with E-state index in [0.717, 1.165) is 96.3 Å². The van der Waals surface area contributed by atoms with Crippen LogP contribution in [0.1, 0.15) is 303 Å². The molecule has 0 aliphatic heterocycles. The van der Waals surface area contributed by atoms with Crippen LogP contribution in [-0.2, 0) is 42.2 Å². The van der Waals surface area contributed by atoms with E-state index in [1.807, 2.05) is 0 Å². The molecule has 0 rings (SSSR count). The van der Waals surface area contributed by atoms with Gasteiger partial charge in [-0.05, 0) is 77.0 Å². The number of carbonyl (C=O) groups excluding carboxylic acids is 3. The van der Waals surface area contributed by atoms with Gasteiger partial charge in [0.05, 0.1) is 19.8 Å². The molecule has 0 aromatic carbocycles. The van der Waals surface area contributed by atoms with Gasteiger partial charge in [0.1, 0.15) is 12.7 Å². The van der Waals surface area contributed by atoms with Crippen molar-refractivity contribution in [2.45, 2.75) is 315 Å². The largest absolute Gasteiger partial charge is 0.472 e. The van der Waals surface area contributed by atoms with Crippen LogP contribution in [0.3, 0.4) is 0 Å². The molecule has 3 unspecified atom stereocenters. The van der Waals surface area contributed by atoms with E-state index < -0.39 is 57.8 Å². The summed E-state index contributed by atoms with van der Waals surface area (Å²) >= 11 is 0. The summed E-state index contributed by atoms with van der Waals surface area (Å²) in [6.45, 7) is 4.65. The molecule has 434 valence electrons. The standard InChI is InChI=1S/C62H115O11P/c1-4-7-10-13-16-19-22-25-28-29-32-35-38-41-44-47-50-53-62(66)73-59(55-69-60(64)51-48-45-42-39-36-33-30-26-23-20-17-14-11-8-5-2)57-71-74(67,68)70-56-58(54-63)72-61(65)52-49-46-43-40-37-34-31-27-24-21-18-15-12-9-6-3/h16,19,25-26,28,30,58-59,63H,4-15,17-18,20-24,27,29,31-57H2,1-3H3,(H,67,68)/b19-16-,28-25-,30-26-. The quantitative estimate of drug-likeness (QED) is 0.0197. The first-order valence-corrected chi connectivity index (χ1v) is 32.4. The van der Waals surface area contributed by atoms with Crippen LogP contribution in [0.4, 0.5) is 0 Å². The number of phosphoric acid groups is 1. The first-order chi connectivity index (χ1) is 36.2. The molecule has 0 aliphatic carbocycles. The fraction of sp³-hybridized carbons (Fsp3) is 0.855. The van der Waals surface area contributed by atoms with Crippen molar-refractivity contribution in [1.29, 1.82) is 0 Å². The van der Waals surface area contributed by atoms with Gasteiger partial charge >= 0.3 is 25.7 Å². The first-order valence-electron chi connectivity index (χ1n) is 30.9. The molecule has 0 fully saturated rings. The summed E-state index contributed by atoms with van der Waals surface area (Å²) in [5.41, 5.74) is 0. The molecule has 74 heavy (non-hydrogen) atoms. The Bertz CT molecular complexity index is 1380. The van der Waals surface area contributed by atoms with Crippen LogP contribution in [-0.4, -0.2) is 66.5 Å². The molecular weight excluding hydrogens is 952 g/mol. The molecule has 0 saturated heterocycles. The van der Waals surface area contributed by atoms with Crippen molar-refractivity contribution in [2.75, 3.05) is 26.4 Å². The minimum atomic E-state index is -4.75. The van der Waals surface area contributed by atoms with Crippen molar-refractivity contribution < 1.29 is 52.2 Å². The zero-order valence-electron chi connectivity index (χ0n) is 48.1. The topological polar surface area (TPSA) is 155 Å². The van der Waals surface area contributed by atoms with Crippen molar-refractivity contribution >= 4 is 25.7 Å². The van der Waals surface area contributed by atoms with Crippen molar-refractivity contribution in [3.63, 3.8) is 0 Å². The second-order valence-electron chi connectivity index (χ2n) is 20.9. The number of phosphoric ester groups is 1. The fourth-order valence-corrected chi connectivity index (χ4v) is 9.58. The van der Waals surface area contributed by atoms with E-state index in [2.05, 4.69) is 57.2 Å². The van der Waals surface area contributed by atoms with Gasteiger partial charge in [-0.25, -0.2) is 4.57 Å². The molecule has 0 amide bonds. The van der Waals surface area contributed by atoms with E-state index in [0.29, 0.717) is 19.3 Å². The summed E-state index contributed by atoms with van der Waals surface area (Å²) in [6, 6.07) is 0. The highest BCUT2D eigenvalue weighted by molar-refractivity contribution is 7.47. The molecule has 12 heteroatoms. The molecule has 0 heterocycles. The molecule has 11 nitrogen and oxygen atoms in total. The van der Waals surface area contributed by atoms with Gasteiger partial charge in [-0.3, -0.25) is 23.4 Å². The highest BCUT2D eigenvalue weighted by atomic mass is 31.2. The van der Waals surface area contributed by atoms with Gasteiger partial charge in [0, 0.05) is 19.3 Å². The molecule has 0 aromatic rings. The Morgan fingerprint density at radius 3 is 1.04 bits per heavy atom. The Morgan fingerprint density at radius 1 is 0.378 bits per heavy atom. The maximum atomic E-state index is 12.9. The van der Waals surface area contributed by atoms with E-state index in [4.69, 9.17) is 23.3 Å². The molecule has 2 N–H and O–H groups in total. The minimum Gasteiger partial charge on any atom is -0.462 e. The smallest absolute Gasteiger partial charge is 0.462 e. The molecule has 0 bridgehead atoms. The van der Waals surface area contributed by atoms with E-state index in [1.54, 1.807) is 0 Å². The first kappa shape index (κ1) is 71.7. The Labute approximate surface area is 454 Å². The number of hydrogen-bond donors (Lipinski definition) is 2. The minimum absolute atomic E-state index is 0.160. The van der Waals surface area contributed by atoms with Crippen LogP contribution in [0, 0.1) is 0 Å². The zero-order chi connectivity index (χ0) is 54.1. The number of esters is 3. The van der Waals surface area contributed by atoms with Crippen molar-refractivity contribution in [2.24, 2.45) is 0 Å². The maximum Gasteiger partial charge on any atom is 0.472 e. The predicted octanol–water partition coefficient (Wildman–Crippen LogP) is 18.4. The number of aliphatic hydroxyl groups is 1. The molecule has 0 saturated carbocycles. The van der Waals surface area contributed by atoms with Gasteiger partial charge < -0.3 is 24.2 Å². The lowest BCUT2D eigenvalue weighted by molar-refractivity contribution is -0.161. The van der Waals surface area contributed by atoms with Gasteiger partial charge in [-0.1, -0.05) is 243 Å². The number of rotatable bonds is 58. The Hall–Kier alpha value is -2.30. The molecule has 0 spiro atoms. The Morgan fingerprint density at radius 2 is 0.662 bits per heavy atom. The van der Waals surface area contributed by atoms with Gasteiger partial charge in [-0.2, -0.15) is 0 Å². The zero-order valence-corrected chi connectivity index (χ0v) is 49.0. The van der Waals surface area contributed by atoms with E-state index >= 15 is 0 Å². The van der Waals surface area contributed by atoms with Crippen LogP contribution in [0.25, 0.3) is 0 Å². The third-order valence-corrected chi connectivity index (χ3v) is 14.5. The summed E-state index contributed by atoms with van der Waals surface area (Å²) in [5.74, 6) is -1.46. The van der Waals surface area contributed by atoms with E-state index in [1.165, 1.54) is 148 Å². The monoisotopic (exact) mass is 1070 g/mol. The van der Waals surface area contributed by atoms with Crippen molar-refractivity contribution in [3.8, 4) is 0 Å². The lowest BCUT2D eigenvalue weighted by atomic mass is 10.0. The molecular formula is C62H115O11P. The summed E-state index contributed by atoms with van der Waals surface area (Å²) in [7, 11) is -4.75. The predicted molar refractivity (Wildman–Crippen MR) is 307 cm³/mol. The van der Waals surface area contributed by atoms with Crippen LogP contribution in [0.5, 0.6) is 0 Å². The van der Waals surface area contributed by atoms with Gasteiger partial charge in [0.2, 0.25) is 0 Å². The summed E-state index contributed by atoms with van der Waals surface area (Å²) < 4.78 is 39.6. The third kappa shape index (κ3) is 54.5. The lowest BCUT2D eigenvalue weighted by Crippen LogP contribution is -2.30. The third-order valence-electron chi connectivity index (χ3n) is 13.5. The highest BCUT2D eigenvalue weighted by Gasteiger charge is 2.28. The van der Waals surface area contributed by atoms with Gasteiger partial charge in [0.25, 0.3) is 0 Å². The number of aliphatic hydroxyl groups excluding tert-OH is 1. The Kier molecular flexibility index (Phi) is 55.1. The number of ether oxygens (including phenoxy) is 3. The second-order valence-corrected chi connectivity index (χ2v) is 22.3. The molecule has 3 atom stereocenters.